The number of nitrogens with one attached hydrogen (secondary N) is 1. The summed E-state index contributed by atoms with van der Waals surface area (Å²) in [5.41, 5.74) is 7.28. The number of anilines is 2. The number of rotatable bonds is 7. The molecule has 0 saturated carbocycles. The van der Waals surface area contributed by atoms with E-state index in [9.17, 15) is 15.0 Å². The number of aryl methyl sites for hydroxylation is 1. The van der Waals surface area contributed by atoms with Gasteiger partial charge in [0, 0.05) is 12.1 Å². The van der Waals surface area contributed by atoms with Gasteiger partial charge in [-0.05, 0) is 99.4 Å². The molecule has 2 aliphatic heterocycles. The van der Waals surface area contributed by atoms with Crippen molar-refractivity contribution in [1.82, 2.24) is 0 Å². The van der Waals surface area contributed by atoms with Gasteiger partial charge in [-0.1, -0.05) is 36.4 Å². The number of ether oxygens (including phenoxy) is 2. The van der Waals surface area contributed by atoms with E-state index in [1.807, 2.05) is 69.9 Å². The van der Waals surface area contributed by atoms with Gasteiger partial charge >= 0.3 is 5.97 Å². The fourth-order valence-corrected chi connectivity index (χ4v) is 5.80. The Balaban J connectivity index is 1.69. The first-order chi connectivity index (χ1) is 18.5. The van der Waals surface area contributed by atoms with Crippen molar-refractivity contribution in [2.24, 2.45) is 0 Å². The summed E-state index contributed by atoms with van der Waals surface area (Å²) < 4.78 is 12.0. The minimum Gasteiger partial charge on any atom is -0.493 e. The van der Waals surface area contributed by atoms with E-state index in [1.165, 1.54) is 5.56 Å². The molecule has 3 aromatic carbocycles. The molecule has 0 amide bonds. The maximum Gasteiger partial charge on any atom is 0.337 e. The number of carbonyl (C=O) groups is 1. The molecular formula is C32H38N2O5. The summed E-state index contributed by atoms with van der Waals surface area (Å²) in [6.45, 7) is 10.8. The number of carboxylic acids is 1. The number of aliphatic hydroxyl groups is 1. The van der Waals surface area contributed by atoms with Crippen LogP contribution in [0, 0.1) is 13.8 Å². The second-order valence-corrected chi connectivity index (χ2v) is 11.4. The monoisotopic (exact) mass is 530 g/mol. The van der Waals surface area contributed by atoms with Crippen LogP contribution in [0.3, 0.4) is 0 Å². The highest BCUT2D eigenvalue weighted by atomic mass is 16.5. The lowest BCUT2D eigenvalue weighted by molar-refractivity contribution is -0.160. The predicted octanol–water partition coefficient (Wildman–Crippen LogP) is 5.99. The Bertz CT molecular complexity index is 1380. The Kier molecular flexibility index (Phi) is 7.31. The second kappa shape index (κ2) is 10.5. The van der Waals surface area contributed by atoms with E-state index in [-0.39, 0.29) is 0 Å². The molecule has 206 valence electrons. The minimum absolute atomic E-state index is 0.600. The van der Waals surface area contributed by atoms with Crippen LogP contribution >= 0.6 is 0 Å². The lowest BCUT2D eigenvalue weighted by Gasteiger charge is -2.31. The number of hydrogen-bond acceptors (Lipinski definition) is 6. The van der Waals surface area contributed by atoms with Crippen LogP contribution in [0.15, 0.2) is 48.5 Å². The van der Waals surface area contributed by atoms with Gasteiger partial charge in [-0.3, -0.25) is 0 Å². The van der Waals surface area contributed by atoms with Crippen LogP contribution in [0.25, 0.3) is 11.1 Å². The third-order valence-electron chi connectivity index (χ3n) is 7.51. The molecule has 2 atom stereocenters. The van der Waals surface area contributed by atoms with Gasteiger partial charge in [0.05, 0.1) is 23.6 Å². The molecule has 0 fully saturated rings. The first-order valence-electron chi connectivity index (χ1n) is 13.6. The minimum atomic E-state index is -1.19. The highest BCUT2D eigenvalue weighted by Crippen LogP contribution is 2.50. The van der Waals surface area contributed by atoms with Crippen LogP contribution in [0.5, 0.6) is 5.75 Å². The fourth-order valence-electron chi connectivity index (χ4n) is 5.80. The van der Waals surface area contributed by atoms with Gasteiger partial charge in [-0.15, -0.1) is 0 Å². The zero-order valence-corrected chi connectivity index (χ0v) is 23.4. The van der Waals surface area contributed by atoms with Crippen LogP contribution in [0.2, 0.25) is 0 Å². The van der Waals surface area contributed by atoms with E-state index in [0.29, 0.717) is 18.7 Å². The zero-order chi connectivity index (χ0) is 27.9. The van der Waals surface area contributed by atoms with Crippen molar-refractivity contribution < 1.29 is 24.5 Å². The van der Waals surface area contributed by atoms with Gasteiger partial charge < -0.3 is 29.9 Å². The van der Waals surface area contributed by atoms with Gasteiger partial charge in [0.2, 0.25) is 6.35 Å². The maximum absolute atomic E-state index is 12.7. The Hall–Kier alpha value is -3.55. The summed E-state index contributed by atoms with van der Waals surface area (Å²) >= 11 is 0. The standard InChI is InChI=1S/C32H38N2O5/c1-19-26(29(30(35)36)39-32(3,4)5)25(23-13-14-24-22(18-23)12-9-17-38-24)20(2)28-27(19)33-31(37)34(28)16-15-21-10-7-6-8-11-21/h6-8,10-11,13-14,18,29,31,33,37H,9,12,15-17H2,1-5H3,(H,35,36). The fraction of sp³-hybridized carbons (Fsp3) is 0.406. The number of carboxylic acid groups (broad SMARTS) is 1. The molecule has 7 heteroatoms. The van der Waals surface area contributed by atoms with Gasteiger partial charge in [-0.2, -0.15) is 0 Å². The third kappa shape index (κ3) is 5.34. The highest BCUT2D eigenvalue weighted by molar-refractivity contribution is 5.94. The molecule has 3 N–H and O–H groups in total. The molecule has 0 spiro atoms. The van der Waals surface area contributed by atoms with E-state index < -0.39 is 24.0 Å². The Labute approximate surface area is 230 Å². The first-order valence-corrected chi connectivity index (χ1v) is 13.6. The summed E-state index contributed by atoms with van der Waals surface area (Å²) in [4.78, 5) is 14.7. The van der Waals surface area contributed by atoms with Crippen molar-refractivity contribution in [3.05, 3.63) is 76.3 Å². The summed E-state index contributed by atoms with van der Waals surface area (Å²) in [6.07, 6.45) is 0.503. The quantitative estimate of drug-likeness (QED) is 0.346. The van der Waals surface area contributed by atoms with Crippen molar-refractivity contribution in [2.75, 3.05) is 23.4 Å². The maximum atomic E-state index is 12.7. The summed E-state index contributed by atoms with van der Waals surface area (Å²) in [5.74, 6) is -0.168. The molecule has 0 radical (unpaired) electrons. The van der Waals surface area contributed by atoms with Gasteiger partial charge in [0.15, 0.2) is 6.10 Å². The number of aliphatic carboxylic acids is 1. The second-order valence-electron chi connectivity index (χ2n) is 11.4. The van der Waals surface area contributed by atoms with Crippen molar-refractivity contribution in [3.63, 3.8) is 0 Å². The number of benzene rings is 3. The molecular weight excluding hydrogens is 492 g/mol. The Morgan fingerprint density at radius 2 is 1.90 bits per heavy atom. The largest absolute Gasteiger partial charge is 0.493 e. The third-order valence-corrected chi connectivity index (χ3v) is 7.51. The van der Waals surface area contributed by atoms with Crippen LogP contribution in [0.1, 0.15) is 61.1 Å². The average molecular weight is 531 g/mol. The number of nitrogens with zero attached hydrogens (tertiary/aromatic N) is 1. The van der Waals surface area contributed by atoms with Crippen LogP contribution in [-0.2, 0) is 22.4 Å². The molecule has 2 unspecified atom stereocenters. The lowest BCUT2D eigenvalue weighted by atomic mass is 9.85. The van der Waals surface area contributed by atoms with Gasteiger partial charge in [0.1, 0.15) is 5.75 Å². The topological polar surface area (TPSA) is 91.3 Å². The van der Waals surface area contributed by atoms with Crippen molar-refractivity contribution in [3.8, 4) is 16.9 Å². The van der Waals surface area contributed by atoms with Gasteiger partial charge in [0.25, 0.3) is 0 Å². The molecule has 7 nitrogen and oxygen atoms in total. The highest BCUT2D eigenvalue weighted by Gasteiger charge is 2.38. The normalized spacial score (nSPS) is 17.2. The summed E-state index contributed by atoms with van der Waals surface area (Å²) in [7, 11) is 0. The summed E-state index contributed by atoms with van der Waals surface area (Å²) in [5, 5.41) is 24.8. The van der Waals surface area contributed by atoms with Crippen molar-refractivity contribution in [2.45, 2.75) is 71.9 Å². The van der Waals surface area contributed by atoms with Crippen molar-refractivity contribution >= 4 is 17.3 Å². The summed E-state index contributed by atoms with van der Waals surface area (Å²) in [6, 6.07) is 16.3. The molecule has 3 aromatic rings. The molecule has 0 saturated heterocycles. The van der Waals surface area contributed by atoms with E-state index in [0.717, 1.165) is 64.2 Å². The zero-order valence-electron chi connectivity index (χ0n) is 23.4. The number of hydrogen-bond donors (Lipinski definition) is 3. The van der Waals surface area contributed by atoms with Gasteiger partial charge in [-0.25, -0.2) is 4.79 Å². The smallest absolute Gasteiger partial charge is 0.337 e. The lowest BCUT2D eigenvalue weighted by Crippen LogP contribution is -2.37. The van der Waals surface area contributed by atoms with E-state index in [4.69, 9.17) is 9.47 Å². The number of fused-ring (bicyclic) bond motifs is 2. The van der Waals surface area contributed by atoms with Crippen LogP contribution in [-0.4, -0.2) is 41.3 Å². The van der Waals surface area contributed by atoms with E-state index >= 15 is 0 Å². The van der Waals surface area contributed by atoms with E-state index in [2.05, 4.69) is 23.5 Å². The first kappa shape index (κ1) is 27.0. The van der Waals surface area contributed by atoms with E-state index in [1.54, 1.807) is 0 Å². The average Bonchev–Trinajstić information content (AvgIpc) is 3.24. The Morgan fingerprint density at radius 1 is 1.15 bits per heavy atom. The molecule has 5 rings (SSSR count). The van der Waals surface area contributed by atoms with Crippen LogP contribution < -0.4 is 15.0 Å². The molecule has 39 heavy (non-hydrogen) atoms. The molecule has 2 heterocycles. The SMILES string of the molecule is Cc1c2c(c(C)c(-c3ccc4c(c3)CCCO4)c1C(OC(C)(C)C)C(=O)O)N(CCc1ccccc1)C(O)N2. The number of aliphatic hydroxyl groups excluding tert-OH is 1. The molecule has 0 aliphatic carbocycles. The molecule has 2 aliphatic rings. The Morgan fingerprint density at radius 3 is 2.59 bits per heavy atom. The van der Waals surface area contributed by atoms with Crippen LogP contribution in [0.4, 0.5) is 11.4 Å². The molecule has 0 bridgehead atoms. The molecule has 0 aromatic heterocycles. The van der Waals surface area contributed by atoms with Crippen molar-refractivity contribution in [1.29, 1.82) is 0 Å². The predicted molar refractivity (Wildman–Crippen MR) is 154 cm³/mol.